The summed E-state index contributed by atoms with van der Waals surface area (Å²) in [5, 5.41) is 0. The number of H-pyrrole nitrogens is 2. The summed E-state index contributed by atoms with van der Waals surface area (Å²) >= 11 is 0. The van der Waals surface area contributed by atoms with Crippen LogP contribution in [0.15, 0.2) is 39.9 Å². The quantitative estimate of drug-likeness (QED) is 0.660. The van der Waals surface area contributed by atoms with Gasteiger partial charge in [-0.25, -0.2) is 4.79 Å². The Hall–Kier alpha value is -2.50. The van der Waals surface area contributed by atoms with Gasteiger partial charge in [-0.15, -0.1) is 0 Å². The van der Waals surface area contributed by atoms with Crippen molar-refractivity contribution in [1.29, 1.82) is 0 Å². The van der Waals surface area contributed by atoms with E-state index in [0.29, 0.717) is 17.1 Å². The van der Waals surface area contributed by atoms with Crippen LogP contribution in [0.25, 0.3) is 0 Å². The second-order valence-electron chi connectivity index (χ2n) is 3.44. The van der Waals surface area contributed by atoms with E-state index in [0.717, 1.165) is 0 Å². The molecule has 4 N–H and O–H groups in total. The van der Waals surface area contributed by atoms with Gasteiger partial charge in [0.25, 0.3) is 5.56 Å². The zero-order chi connectivity index (χ0) is 12.3. The minimum Gasteiger partial charge on any atom is -0.485 e. The number of anilines is 1. The van der Waals surface area contributed by atoms with Gasteiger partial charge in [0, 0.05) is 6.07 Å². The Balaban J connectivity index is 2.15. The predicted molar refractivity (Wildman–Crippen MR) is 62.9 cm³/mol. The molecule has 2 rings (SSSR count). The van der Waals surface area contributed by atoms with E-state index in [4.69, 9.17) is 10.5 Å². The van der Waals surface area contributed by atoms with E-state index < -0.39 is 11.2 Å². The fraction of sp³-hybridized carbons (Fsp3) is 0.0909. The summed E-state index contributed by atoms with van der Waals surface area (Å²) in [7, 11) is 0. The molecule has 0 radical (unpaired) electrons. The van der Waals surface area contributed by atoms with Crippen LogP contribution in [0.2, 0.25) is 0 Å². The SMILES string of the molecule is Nc1ccccc1OCc1cc(=O)[nH]c(=O)[nH]1. The monoisotopic (exact) mass is 233 g/mol. The minimum atomic E-state index is -0.558. The van der Waals surface area contributed by atoms with Crippen molar-refractivity contribution >= 4 is 5.69 Å². The third-order valence-electron chi connectivity index (χ3n) is 2.12. The summed E-state index contributed by atoms with van der Waals surface area (Å²) < 4.78 is 5.38. The van der Waals surface area contributed by atoms with Gasteiger partial charge in [0.2, 0.25) is 0 Å². The zero-order valence-corrected chi connectivity index (χ0v) is 8.90. The van der Waals surface area contributed by atoms with Crippen LogP contribution in [-0.2, 0) is 6.61 Å². The molecule has 0 fully saturated rings. The molecule has 6 heteroatoms. The fourth-order valence-corrected chi connectivity index (χ4v) is 1.36. The zero-order valence-electron chi connectivity index (χ0n) is 8.90. The van der Waals surface area contributed by atoms with Gasteiger partial charge < -0.3 is 15.5 Å². The second-order valence-corrected chi connectivity index (χ2v) is 3.44. The molecule has 17 heavy (non-hydrogen) atoms. The summed E-state index contributed by atoms with van der Waals surface area (Å²) in [5.41, 5.74) is 5.55. The van der Waals surface area contributed by atoms with Crippen LogP contribution in [0.4, 0.5) is 5.69 Å². The minimum absolute atomic E-state index is 0.0768. The molecule has 88 valence electrons. The number of benzene rings is 1. The maximum atomic E-state index is 11.0. The number of ether oxygens (including phenoxy) is 1. The van der Waals surface area contributed by atoms with Crippen LogP contribution in [0.3, 0.4) is 0 Å². The van der Waals surface area contributed by atoms with E-state index in [1.807, 2.05) is 0 Å². The highest BCUT2D eigenvalue weighted by molar-refractivity contribution is 5.51. The van der Waals surface area contributed by atoms with E-state index in [1.54, 1.807) is 24.3 Å². The number of hydrogen-bond acceptors (Lipinski definition) is 4. The van der Waals surface area contributed by atoms with Gasteiger partial charge in [0.1, 0.15) is 12.4 Å². The molecule has 0 bridgehead atoms. The van der Waals surface area contributed by atoms with Crippen molar-refractivity contribution in [2.75, 3.05) is 5.73 Å². The number of nitrogens with one attached hydrogen (secondary N) is 2. The van der Waals surface area contributed by atoms with Crippen molar-refractivity contribution in [2.45, 2.75) is 6.61 Å². The molecule has 0 saturated heterocycles. The van der Waals surface area contributed by atoms with Gasteiger partial charge in [-0.1, -0.05) is 12.1 Å². The molecule has 0 amide bonds. The summed E-state index contributed by atoms with van der Waals surface area (Å²) in [5.74, 6) is 0.508. The number of para-hydroxylation sites is 2. The van der Waals surface area contributed by atoms with Crippen molar-refractivity contribution < 1.29 is 4.74 Å². The maximum absolute atomic E-state index is 11.0. The lowest BCUT2D eigenvalue weighted by Crippen LogP contribution is -2.23. The van der Waals surface area contributed by atoms with Gasteiger partial charge in [-0.05, 0) is 12.1 Å². The summed E-state index contributed by atoms with van der Waals surface area (Å²) in [6, 6.07) is 8.25. The van der Waals surface area contributed by atoms with Gasteiger partial charge in [-0.2, -0.15) is 0 Å². The first kappa shape index (κ1) is 11.0. The molecule has 0 atom stereocenters. The molecule has 0 spiro atoms. The maximum Gasteiger partial charge on any atom is 0.326 e. The highest BCUT2D eigenvalue weighted by atomic mass is 16.5. The third kappa shape index (κ3) is 2.75. The molecule has 2 aromatic rings. The molecular formula is C11H11N3O3. The molecule has 1 aromatic heterocycles. The van der Waals surface area contributed by atoms with Gasteiger partial charge in [0.15, 0.2) is 0 Å². The molecule has 1 heterocycles. The lowest BCUT2D eigenvalue weighted by Gasteiger charge is -2.07. The Morgan fingerprint density at radius 2 is 1.94 bits per heavy atom. The molecule has 0 unspecified atom stereocenters. The lowest BCUT2D eigenvalue weighted by atomic mass is 10.3. The van der Waals surface area contributed by atoms with Crippen molar-refractivity contribution in [1.82, 2.24) is 9.97 Å². The first-order chi connectivity index (χ1) is 8.15. The topological polar surface area (TPSA) is 101 Å². The van der Waals surface area contributed by atoms with Gasteiger partial charge in [0.05, 0.1) is 11.4 Å². The molecule has 0 aliphatic heterocycles. The number of aromatic amines is 2. The fourth-order valence-electron chi connectivity index (χ4n) is 1.36. The van der Waals surface area contributed by atoms with Crippen LogP contribution in [0, 0.1) is 0 Å². The summed E-state index contributed by atoms with van der Waals surface area (Å²) in [4.78, 5) is 26.6. The molecule has 0 aliphatic carbocycles. The van der Waals surface area contributed by atoms with E-state index >= 15 is 0 Å². The van der Waals surface area contributed by atoms with Crippen molar-refractivity contribution in [3.8, 4) is 5.75 Å². The normalized spacial score (nSPS) is 10.1. The Morgan fingerprint density at radius 1 is 1.18 bits per heavy atom. The highest BCUT2D eigenvalue weighted by Gasteiger charge is 2.01. The van der Waals surface area contributed by atoms with Crippen LogP contribution >= 0.6 is 0 Å². The van der Waals surface area contributed by atoms with Crippen LogP contribution < -0.4 is 21.7 Å². The van der Waals surface area contributed by atoms with E-state index in [2.05, 4.69) is 9.97 Å². The van der Waals surface area contributed by atoms with Crippen molar-refractivity contribution in [3.05, 3.63) is 56.9 Å². The number of hydrogen-bond donors (Lipinski definition) is 3. The van der Waals surface area contributed by atoms with Gasteiger partial charge in [-0.3, -0.25) is 9.78 Å². The standard InChI is InChI=1S/C11H11N3O3/c12-8-3-1-2-4-9(8)17-6-7-5-10(15)14-11(16)13-7/h1-5H,6,12H2,(H2,13,14,15,16). The smallest absolute Gasteiger partial charge is 0.326 e. The molecular weight excluding hydrogens is 222 g/mol. The lowest BCUT2D eigenvalue weighted by molar-refractivity contribution is 0.302. The molecule has 6 nitrogen and oxygen atoms in total. The number of nitrogens with two attached hydrogens (primary N) is 1. The Bertz CT molecular complexity index is 602. The van der Waals surface area contributed by atoms with Gasteiger partial charge >= 0.3 is 5.69 Å². The predicted octanol–water partition coefficient (Wildman–Crippen LogP) is 0.224. The summed E-state index contributed by atoms with van der Waals surface area (Å²) in [6.45, 7) is 0.0768. The number of aromatic nitrogens is 2. The largest absolute Gasteiger partial charge is 0.485 e. The van der Waals surface area contributed by atoms with Crippen molar-refractivity contribution in [3.63, 3.8) is 0 Å². The third-order valence-corrected chi connectivity index (χ3v) is 2.12. The van der Waals surface area contributed by atoms with Crippen LogP contribution in [-0.4, -0.2) is 9.97 Å². The second kappa shape index (κ2) is 4.56. The Labute approximate surface area is 96.1 Å². The van der Waals surface area contributed by atoms with E-state index in [1.165, 1.54) is 6.07 Å². The Morgan fingerprint density at radius 3 is 2.65 bits per heavy atom. The average Bonchev–Trinajstić information content (AvgIpc) is 2.27. The highest BCUT2D eigenvalue weighted by Crippen LogP contribution is 2.20. The van der Waals surface area contributed by atoms with E-state index in [9.17, 15) is 9.59 Å². The number of rotatable bonds is 3. The molecule has 1 aromatic carbocycles. The first-order valence-electron chi connectivity index (χ1n) is 4.95. The Kier molecular flexibility index (Phi) is 2.95. The average molecular weight is 233 g/mol. The molecule has 0 saturated carbocycles. The number of nitrogen functional groups attached to an aromatic ring is 1. The van der Waals surface area contributed by atoms with E-state index in [-0.39, 0.29) is 6.61 Å². The van der Waals surface area contributed by atoms with Crippen LogP contribution in [0.5, 0.6) is 5.75 Å². The van der Waals surface area contributed by atoms with Crippen LogP contribution in [0.1, 0.15) is 5.69 Å². The summed E-state index contributed by atoms with van der Waals surface area (Å²) in [6.07, 6.45) is 0. The first-order valence-corrected chi connectivity index (χ1v) is 4.95. The molecule has 0 aliphatic rings. The van der Waals surface area contributed by atoms with Crippen molar-refractivity contribution in [2.24, 2.45) is 0 Å².